The zero-order valence-electron chi connectivity index (χ0n) is 9.45. The van der Waals surface area contributed by atoms with Crippen molar-refractivity contribution in [3.05, 3.63) is 34.4 Å². The van der Waals surface area contributed by atoms with Gasteiger partial charge in [0.25, 0.3) is 0 Å². The molecule has 7 nitrogen and oxygen atoms in total. The van der Waals surface area contributed by atoms with Gasteiger partial charge in [0.05, 0.1) is 0 Å². The Kier molecular flexibility index (Phi) is 3.47. The van der Waals surface area contributed by atoms with Gasteiger partial charge in [-0.1, -0.05) is 6.07 Å². The van der Waals surface area contributed by atoms with E-state index in [1.165, 1.54) is 10.6 Å². The number of pyridine rings is 1. The Labute approximate surface area is 106 Å². The number of hydrogen-bond acceptors (Lipinski definition) is 5. The lowest BCUT2D eigenvalue weighted by Gasteiger charge is -2.02. The summed E-state index contributed by atoms with van der Waals surface area (Å²) in [6.07, 6.45) is 0. The fourth-order valence-electron chi connectivity index (χ4n) is 1.34. The fourth-order valence-corrected chi connectivity index (χ4v) is 2.24. The van der Waals surface area contributed by atoms with Crippen molar-refractivity contribution in [2.45, 2.75) is 23.7 Å². The highest BCUT2D eigenvalue weighted by molar-refractivity contribution is 7.99. The minimum atomic E-state index is -1.09. The zero-order valence-corrected chi connectivity index (χ0v) is 10.3. The predicted octanol–water partition coefficient (Wildman–Crippen LogP) is 0.836. The summed E-state index contributed by atoms with van der Waals surface area (Å²) >= 11 is 1.14. The van der Waals surface area contributed by atoms with Gasteiger partial charge >= 0.3 is 11.7 Å². The van der Waals surface area contributed by atoms with E-state index in [1.54, 1.807) is 12.1 Å². The smallest absolute Gasteiger partial charge is 0.354 e. The van der Waals surface area contributed by atoms with Crippen molar-refractivity contribution in [1.29, 1.82) is 0 Å². The molecule has 0 fully saturated rings. The Morgan fingerprint density at radius 1 is 1.56 bits per heavy atom. The summed E-state index contributed by atoms with van der Waals surface area (Å²) in [5, 5.41) is 16.0. The molecule has 0 saturated heterocycles. The second kappa shape index (κ2) is 5.05. The van der Waals surface area contributed by atoms with Crippen molar-refractivity contribution in [3.63, 3.8) is 0 Å². The summed E-state index contributed by atoms with van der Waals surface area (Å²) in [7, 11) is 0. The van der Waals surface area contributed by atoms with Crippen LogP contribution in [0.4, 0.5) is 0 Å². The molecule has 2 aromatic rings. The third-order valence-corrected chi connectivity index (χ3v) is 3.11. The molecule has 94 valence electrons. The van der Waals surface area contributed by atoms with Gasteiger partial charge in [0.1, 0.15) is 10.7 Å². The fraction of sp³-hybridized carbons (Fsp3) is 0.200. The number of aromatic nitrogens is 4. The number of nitrogens with zero attached hydrogens (tertiary/aromatic N) is 3. The van der Waals surface area contributed by atoms with Crippen LogP contribution in [0.1, 0.15) is 17.4 Å². The van der Waals surface area contributed by atoms with E-state index in [-0.39, 0.29) is 11.4 Å². The lowest BCUT2D eigenvalue weighted by atomic mass is 10.4. The molecule has 0 aliphatic rings. The van der Waals surface area contributed by atoms with E-state index in [2.05, 4.69) is 15.2 Å². The van der Waals surface area contributed by atoms with Crippen LogP contribution in [0, 0.1) is 0 Å². The van der Waals surface area contributed by atoms with Gasteiger partial charge in [-0.3, -0.25) is 4.57 Å². The number of carbonyl (C=O) groups is 1. The molecule has 18 heavy (non-hydrogen) atoms. The molecule has 0 aliphatic carbocycles. The van der Waals surface area contributed by atoms with Crippen LogP contribution in [-0.4, -0.2) is 30.8 Å². The van der Waals surface area contributed by atoms with Crippen LogP contribution in [0.5, 0.6) is 0 Å². The summed E-state index contributed by atoms with van der Waals surface area (Å²) in [5.74, 6) is -1.09. The van der Waals surface area contributed by atoms with Crippen LogP contribution in [0.25, 0.3) is 0 Å². The normalized spacial score (nSPS) is 10.5. The summed E-state index contributed by atoms with van der Waals surface area (Å²) in [5.41, 5.74) is -0.338. The van der Waals surface area contributed by atoms with Gasteiger partial charge in [-0.25, -0.2) is 19.7 Å². The number of H-pyrrole nitrogens is 1. The van der Waals surface area contributed by atoms with Crippen molar-refractivity contribution < 1.29 is 9.90 Å². The van der Waals surface area contributed by atoms with E-state index in [9.17, 15) is 9.59 Å². The van der Waals surface area contributed by atoms with Gasteiger partial charge in [0, 0.05) is 6.54 Å². The first-order valence-corrected chi connectivity index (χ1v) is 5.97. The Hall–Kier alpha value is -2.09. The number of nitrogens with one attached hydrogen (secondary N) is 1. The molecule has 0 saturated carbocycles. The van der Waals surface area contributed by atoms with Gasteiger partial charge in [-0.05, 0) is 30.8 Å². The molecule has 8 heteroatoms. The largest absolute Gasteiger partial charge is 0.477 e. The average molecular weight is 266 g/mol. The molecule has 0 bridgehead atoms. The maximum Gasteiger partial charge on any atom is 0.354 e. The number of carboxylic acids is 1. The van der Waals surface area contributed by atoms with Crippen molar-refractivity contribution >= 4 is 17.7 Å². The molecule has 2 aromatic heterocycles. The highest BCUT2D eigenvalue weighted by Crippen LogP contribution is 2.22. The van der Waals surface area contributed by atoms with Crippen LogP contribution < -0.4 is 5.69 Å². The van der Waals surface area contributed by atoms with E-state index in [1.807, 2.05) is 6.92 Å². The number of carboxylic acid groups (broad SMARTS) is 1. The zero-order chi connectivity index (χ0) is 13.1. The standard InChI is InChI=1S/C10H10N4O3S/c1-2-14-9(17)12-13-10(14)18-7-5-3-4-6(11-7)8(15)16/h3-5H,2H2,1H3,(H,12,17)(H,15,16). The minimum absolute atomic E-state index is 0.0408. The van der Waals surface area contributed by atoms with Crippen molar-refractivity contribution in [2.75, 3.05) is 0 Å². The van der Waals surface area contributed by atoms with Crippen LogP contribution in [0.3, 0.4) is 0 Å². The Bertz CT molecular complexity index is 634. The summed E-state index contributed by atoms with van der Waals surface area (Å²) in [6, 6.07) is 4.67. The molecule has 0 spiro atoms. The van der Waals surface area contributed by atoms with Gasteiger partial charge < -0.3 is 5.11 Å². The molecule has 0 amide bonds. The predicted molar refractivity (Wildman–Crippen MR) is 63.8 cm³/mol. The highest BCUT2D eigenvalue weighted by atomic mass is 32.2. The summed E-state index contributed by atoms with van der Waals surface area (Å²) in [4.78, 5) is 26.1. The molecule has 2 N–H and O–H groups in total. The summed E-state index contributed by atoms with van der Waals surface area (Å²) in [6.45, 7) is 2.30. The SMILES string of the molecule is CCn1c(Sc2cccc(C(=O)O)n2)n[nH]c1=O. The van der Waals surface area contributed by atoms with E-state index in [4.69, 9.17) is 5.11 Å². The van der Waals surface area contributed by atoms with Gasteiger partial charge in [-0.2, -0.15) is 0 Å². The molecule has 0 aliphatic heterocycles. The third-order valence-electron chi connectivity index (χ3n) is 2.18. The second-order valence-corrected chi connectivity index (χ2v) is 4.31. The molecule has 0 atom stereocenters. The average Bonchev–Trinajstić information content (AvgIpc) is 2.70. The Morgan fingerprint density at radius 2 is 2.33 bits per heavy atom. The van der Waals surface area contributed by atoms with Crippen molar-refractivity contribution in [2.24, 2.45) is 0 Å². The van der Waals surface area contributed by atoms with E-state index in [0.717, 1.165) is 11.8 Å². The van der Waals surface area contributed by atoms with Crippen molar-refractivity contribution in [1.82, 2.24) is 19.7 Å². The number of aromatic amines is 1. The topological polar surface area (TPSA) is 101 Å². The molecular formula is C10H10N4O3S. The molecule has 0 radical (unpaired) electrons. The van der Waals surface area contributed by atoms with Gasteiger partial charge in [0.15, 0.2) is 5.16 Å². The molecule has 2 heterocycles. The van der Waals surface area contributed by atoms with Crippen LogP contribution in [0.2, 0.25) is 0 Å². The lowest BCUT2D eigenvalue weighted by molar-refractivity contribution is 0.0689. The van der Waals surface area contributed by atoms with E-state index >= 15 is 0 Å². The molecule has 2 rings (SSSR count). The lowest BCUT2D eigenvalue weighted by Crippen LogP contribution is -2.16. The third kappa shape index (κ3) is 2.43. The van der Waals surface area contributed by atoms with Crippen LogP contribution in [0.15, 0.2) is 33.2 Å². The van der Waals surface area contributed by atoms with Crippen molar-refractivity contribution in [3.8, 4) is 0 Å². The molecule has 0 aromatic carbocycles. The van der Waals surface area contributed by atoms with Gasteiger partial charge in [0.2, 0.25) is 0 Å². The Morgan fingerprint density at radius 3 is 3.00 bits per heavy atom. The highest BCUT2D eigenvalue weighted by Gasteiger charge is 2.11. The summed E-state index contributed by atoms with van der Waals surface area (Å²) < 4.78 is 1.44. The molecule has 0 unspecified atom stereocenters. The van der Waals surface area contributed by atoms with Crippen LogP contribution in [-0.2, 0) is 6.54 Å². The number of rotatable bonds is 4. The quantitative estimate of drug-likeness (QED) is 0.850. The number of hydrogen-bond donors (Lipinski definition) is 2. The maximum absolute atomic E-state index is 11.4. The van der Waals surface area contributed by atoms with Crippen LogP contribution >= 0.6 is 11.8 Å². The first kappa shape index (κ1) is 12.4. The van der Waals surface area contributed by atoms with E-state index in [0.29, 0.717) is 16.7 Å². The minimum Gasteiger partial charge on any atom is -0.477 e. The molecular weight excluding hydrogens is 256 g/mol. The first-order chi connectivity index (χ1) is 8.61. The van der Waals surface area contributed by atoms with E-state index < -0.39 is 5.97 Å². The Balaban J connectivity index is 2.31. The second-order valence-electron chi connectivity index (χ2n) is 3.32. The monoisotopic (exact) mass is 266 g/mol. The number of aromatic carboxylic acids is 1. The first-order valence-electron chi connectivity index (χ1n) is 5.15. The van der Waals surface area contributed by atoms with Gasteiger partial charge in [-0.15, -0.1) is 5.10 Å². The maximum atomic E-state index is 11.4.